The molecule has 5 amide bonds. The van der Waals surface area contributed by atoms with Gasteiger partial charge in [0.25, 0.3) is 0 Å². The Labute approximate surface area is 250 Å². The number of nitrogens with one attached hydrogen (secondary N) is 4. The van der Waals surface area contributed by atoms with Gasteiger partial charge in [0.05, 0.1) is 12.6 Å². The lowest BCUT2D eigenvalue weighted by Crippen LogP contribution is -2.59. The molecule has 1 aliphatic heterocycles. The van der Waals surface area contributed by atoms with E-state index in [0.717, 1.165) is 0 Å². The SMILES string of the molecule is CC(C)C[C@H](N)C(=O)N1CCC[C@H]1C(=O)N[C@H](C(=O)N[C@@H](CS)C(=O)NCC(=O)N[C@@H](CCC(=O)O)C(=O)O)C(C)C. The number of aliphatic carboxylic acids is 2. The number of carbonyl (C=O) groups excluding carboxylic acids is 5. The molecule has 5 atom stereocenters. The minimum Gasteiger partial charge on any atom is -0.481 e. The highest BCUT2D eigenvalue weighted by Crippen LogP contribution is 2.20. The summed E-state index contributed by atoms with van der Waals surface area (Å²) in [5.74, 6) is -6.18. The molecule has 0 spiro atoms. The van der Waals surface area contributed by atoms with Crippen LogP contribution < -0.4 is 27.0 Å². The number of nitrogens with two attached hydrogens (primary N) is 1. The summed E-state index contributed by atoms with van der Waals surface area (Å²) in [6.07, 6.45) is 0.672. The van der Waals surface area contributed by atoms with E-state index in [1.807, 2.05) is 13.8 Å². The first kappa shape index (κ1) is 36.6. The van der Waals surface area contributed by atoms with Crippen molar-refractivity contribution >= 4 is 54.1 Å². The third-order valence-electron chi connectivity index (χ3n) is 6.65. The van der Waals surface area contributed by atoms with Crippen molar-refractivity contribution in [1.82, 2.24) is 26.2 Å². The molecule has 1 saturated heterocycles. The van der Waals surface area contributed by atoms with Gasteiger partial charge in [-0.1, -0.05) is 27.7 Å². The van der Waals surface area contributed by atoms with E-state index in [1.54, 1.807) is 13.8 Å². The smallest absolute Gasteiger partial charge is 0.326 e. The summed E-state index contributed by atoms with van der Waals surface area (Å²) in [6.45, 7) is 7.03. The van der Waals surface area contributed by atoms with E-state index < -0.39 is 84.7 Å². The Bertz CT molecular complexity index is 1010. The van der Waals surface area contributed by atoms with Gasteiger partial charge >= 0.3 is 11.9 Å². The lowest BCUT2D eigenvalue weighted by molar-refractivity contribution is -0.143. The largest absolute Gasteiger partial charge is 0.481 e. The molecule has 0 saturated carbocycles. The molecule has 1 heterocycles. The number of likely N-dealkylation sites (tertiary alicyclic amines) is 1. The van der Waals surface area contributed by atoms with E-state index in [-0.39, 0.29) is 24.0 Å². The molecule has 1 fully saturated rings. The fraction of sp³-hybridized carbons (Fsp3) is 0.731. The van der Waals surface area contributed by atoms with Gasteiger partial charge in [-0.2, -0.15) is 12.6 Å². The van der Waals surface area contributed by atoms with E-state index in [9.17, 15) is 33.6 Å². The van der Waals surface area contributed by atoms with Gasteiger partial charge in [-0.3, -0.25) is 28.8 Å². The van der Waals surface area contributed by atoms with Gasteiger partial charge in [0.1, 0.15) is 24.2 Å². The average Bonchev–Trinajstić information content (AvgIpc) is 3.39. The summed E-state index contributed by atoms with van der Waals surface area (Å²) in [5.41, 5.74) is 6.06. The zero-order valence-corrected chi connectivity index (χ0v) is 25.3. The first-order valence-electron chi connectivity index (χ1n) is 13.9. The number of hydrogen-bond acceptors (Lipinski definition) is 9. The molecule has 16 heteroatoms. The summed E-state index contributed by atoms with van der Waals surface area (Å²) in [6, 6.07) is -5.23. The zero-order chi connectivity index (χ0) is 32.1. The van der Waals surface area contributed by atoms with Gasteiger partial charge in [-0.05, 0) is 37.5 Å². The molecule has 8 N–H and O–H groups in total. The Balaban J connectivity index is 2.78. The van der Waals surface area contributed by atoms with Crippen LogP contribution in [0.3, 0.4) is 0 Å². The van der Waals surface area contributed by atoms with Gasteiger partial charge in [0.2, 0.25) is 29.5 Å². The predicted molar refractivity (Wildman–Crippen MR) is 154 cm³/mol. The third kappa shape index (κ3) is 11.8. The Kier molecular flexibility index (Phi) is 15.3. The lowest BCUT2D eigenvalue weighted by Gasteiger charge is -2.30. The quantitative estimate of drug-likeness (QED) is 0.0876. The normalized spacial score (nSPS) is 17.6. The molecular weight excluding hydrogens is 572 g/mol. The van der Waals surface area contributed by atoms with Crippen molar-refractivity contribution in [2.24, 2.45) is 17.6 Å². The Hall–Kier alpha value is -3.40. The fourth-order valence-electron chi connectivity index (χ4n) is 4.43. The van der Waals surface area contributed by atoms with Gasteiger partial charge in [-0.25, -0.2) is 4.79 Å². The van der Waals surface area contributed by atoms with Crippen LogP contribution in [0, 0.1) is 11.8 Å². The minimum absolute atomic E-state index is 0.160. The topological polar surface area (TPSA) is 237 Å². The van der Waals surface area contributed by atoms with Crippen molar-refractivity contribution in [3.05, 3.63) is 0 Å². The monoisotopic (exact) mass is 616 g/mol. The van der Waals surface area contributed by atoms with Crippen LogP contribution in [0.4, 0.5) is 0 Å². The molecule has 0 bridgehead atoms. The fourth-order valence-corrected chi connectivity index (χ4v) is 4.68. The highest BCUT2D eigenvalue weighted by Gasteiger charge is 2.38. The average molecular weight is 617 g/mol. The first-order chi connectivity index (χ1) is 19.6. The number of carboxylic acid groups (broad SMARTS) is 2. The molecule has 0 aromatic rings. The molecular formula is C26H44N6O9S. The number of carbonyl (C=O) groups is 7. The van der Waals surface area contributed by atoms with Crippen LogP contribution in [0.15, 0.2) is 0 Å². The maximum atomic E-state index is 13.2. The molecule has 0 aromatic heterocycles. The second-order valence-electron chi connectivity index (χ2n) is 11.0. The number of nitrogens with zero attached hydrogens (tertiary/aromatic N) is 1. The van der Waals surface area contributed by atoms with Crippen molar-refractivity contribution < 1.29 is 43.8 Å². The van der Waals surface area contributed by atoms with E-state index in [0.29, 0.717) is 25.8 Å². The molecule has 1 rings (SSSR count). The second-order valence-corrected chi connectivity index (χ2v) is 11.4. The Morgan fingerprint density at radius 3 is 2.12 bits per heavy atom. The van der Waals surface area contributed by atoms with Crippen molar-refractivity contribution in [2.75, 3.05) is 18.8 Å². The predicted octanol–water partition coefficient (Wildman–Crippen LogP) is -1.54. The van der Waals surface area contributed by atoms with Gasteiger partial charge in [0, 0.05) is 18.7 Å². The van der Waals surface area contributed by atoms with Crippen molar-refractivity contribution in [2.45, 2.75) is 90.0 Å². The maximum absolute atomic E-state index is 13.2. The van der Waals surface area contributed by atoms with Crippen LogP contribution >= 0.6 is 12.6 Å². The number of thiol groups is 1. The van der Waals surface area contributed by atoms with Crippen molar-refractivity contribution in [1.29, 1.82) is 0 Å². The molecule has 15 nitrogen and oxygen atoms in total. The number of rotatable bonds is 17. The second kappa shape index (κ2) is 17.5. The molecule has 0 unspecified atom stereocenters. The molecule has 1 aliphatic rings. The Morgan fingerprint density at radius 1 is 0.952 bits per heavy atom. The third-order valence-corrected chi connectivity index (χ3v) is 7.01. The summed E-state index contributed by atoms with van der Waals surface area (Å²) in [4.78, 5) is 87.3. The number of hydrogen-bond donors (Lipinski definition) is 8. The van der Waals surface area contributed by atoms with Crippen LogP contribution in [0.25, 0.3) is 0 Å². The van der Waals surface area contributed by atoms with Crippen molar-refractivity contribution in [3.8, 4) is 0 Å². The zero-order valence-electron chi connectivity index (χ0n) is 24.4. The first-order valence-corrected chi connectivity index (χ1v) is 14.5. The van der Waals surface area contributed by atoms with Crippen LogP contribution in [-0.2, 0) is 33.6 Å². The number of amides is 5. The maximum Gasteiger partial charge on any atom is 0.326 e. The van der Waals surface area contributed by atoms with Gasteiger partial charge in [-0.15, -0.1) is 0 Å². The van der Waals surface area contributed by atoms with E-state index in [2.05, 4.69) is 33.9 Å². The van der Waals surface area contributed by atoms with E-state index in [1.165, 1.54) is 4.90 Å². The van der Waals surface area contributed by atoms with Crippen LogP contribution in [0.2, 0.25) is 0 Å². The molecule has 238 valence electrons. The minimum atomic E-state index is -1.46. The summed E-state index contributed by atoms with van der Waals surface area (Å²) in [7, 11) is 0. The van der Waals surface area contributed by atoms with Crippen LogP contribution in [-0.4, -0.2) is 106 Å². The molecule has 0 aliphatic carbocycles. The molecule has 0 radical (unpaired) electrons. The van der Waals surface area contributed by atoms with E-state index in [4.69, 9.17) is 15.9 Å². The Morgan fingerprint density at radius 2 is 1.60 bits per heavy atom. The summed E-state index contributed by atoms with van der Waals surface area (Å²) in [5, 5.41) is 27.5. The van der Waals surface area contributed by atoms with Crippen LogP contribution in [0.1, 0.15) is 59.8 Å². The number of carboxylic acids is 2. The van der Waals surface area contributed by atoms with Gasteiger partial charge in [0.15, 0.2) is 0 Å². The van der Waals surface area contributed by atoms with Crippen molar-refractivity contribution in [3.63, 3.8) is 0 Å². The standard InChI is InChI=1S/C26H44N6O9S/c1-13(2)10-15(27)25(39)32-9-5-6-18(32)23(37)31-21(14(3)4)24(38)30-17(12-42)22(36)28-11-19(33)29-16(26(40)41)7-8-20(34)35/h13-18,21,42H,5-12,27H2,1-4H3,(H,28,36)(H,29,33)(H,30,38)(H,31,37)(H,34,35)(H,40,41)/t15-,16-,17-,18-,21-/m0/s1. The van der Waals surface area contributed by atoms with E-state index >= 15 is 0 Å². The highest BCUT2D eigenvalue weighted by molar-refractivity contribution is 7.80. The van der Waals surface area contributed by atoms with Crippen LogP contribution in [0.5, 0.6) is 0 Å². The summed E-state index contributed by atoms with van der Waals surface area (Å²) < 4.78 is 0. The lowest BCUT2D eigenvalue weighted by atomic mass is 10.0. The molecule has 42 heavy (non-hydrogen) atoms. The molecule has 0 aromatic carbocycles. The summed E-state index contributed by atoms with van der Waals surface area (Å²) >= 11 is 4.09. The van der Waals surface area contributed by atoms with Gasteiger partial charge < -0.3 is 42.1 Å². The highest BCUT2D eigenvalue weighted by atomic mass is 32.1.